The smallest absolute Gasteiger partial charge is 0.416 e. The van der Waals surface area contributed by atoms with E-state index in [4.69, 9.17) is 21.4 Å². The summed E-state index contributed by atoms with van der Waals surface area (Å²) in [5, 5.41) is 8.58. The van der Waals surface area contributed by atoms with Gasteiger partial charge < -0.3 is 9.84 Å². The van der Waals surface area contributed by atoms with Crippen molar-refractivity contribution in [1.82, 2.24) is 9.62 Å². The molecule has 1 heterocycles. The second-order valence-electron chi connectivity index (χ2n) is 7.20. The first-order valence-electron chi connectivity index (χ1n) is 9.52. The highest BCUT2D eigenvalue weighted by molar-refractivity contribution is 7.89. The topological polar surface area (TPSA) is 78.9 Å². The fourth-order valence-corrected chi connectivity index (χ4v) is 5.18. The number of benzene rings is 2. The molecule has 2 N–H and O–H groups in total. The molecule has 3 rings (SSSR count). The van der Waals surface area contributed by atoms with Crippen molar-refractivity contribution in [3.05, 3.63) is 58.6 Å². The lowest BCUT2D eigenvalue weighted by Crippen LogP contribution is -2.37. The van der Waals surface area contributed by atoms with Crippen LogP contribution in [0.3, 0.4) is 0 Å². The molecule has 0 radical (unpaired) electrons. The molecule has 0 amide bonds. The molecule has 1 aliphatic heterocycles. The Hall–Kier alpha value is -1.85. The van der Waals surface area contributed by atoms with Gasteiger partial charge in [-0.25, -0.2) is 13.1 Å². The number of aliphatic hydroxyl groups excluding tert-OH is 1. The highest BCUT2D eigenvalue weighted by atomic mass is 35.5. The molecule has 170 valence electrons. The van der Waals surface area contributed by atoms with Gasteiger partial charge in [-0.1, -0.05) is 23.7 Å². The van der Waals surface area contributed by atoms with Gasteiger partial charge in [0.05, 0.1) is 17.2 Å². The van der Waals surface area contributed by atoms with E-state index in [2.05, 4.69) is 4.72 Å². The number of nitrogens with one attached hydrogen (secondary N) is 1. The lowest BCUT2D eigenvalue weighted by Gasteiger charge is -2.18. The summed E-state index contributed by atoms with van der Waals surface area (Å²) < 4.78 is 72.1. The fourth-order valence-electron chi connectivity index (χ4n) is 3.40. The van der Waals surface area contributed by atoms with Crippen LogP contribution in [0.15, 0.2) is 47.4 Å². The van der Waals surface area contributed by atoms with E-state index < -0.39 is 32.7 Å². The number of likely N-dealkylation sites (tertiary alicyclic amines) is 1. The summed E-state index contributed by atoms with van der Waals surface area (Å²) in [5.41, 5.74) is -0.117. The van der Waals surface area contributed by atoms with Crippen LogP contribution >= 0.6 is 11.6 Å². The number of hydrogen-bond donors (Lipinski definition) is 2. The van der Waals surface area contributed by atoms with Crippen molar-refractivity contribution in [2.24, 2.45) is 0 Å². The van der Waals surface area contributed by atoms with E-state index in [-0.39, 0.29) is 18.2 Å². The van der Waals surface area contributed by atoms with Gasteiger partial charge >= 0.3 is 6.18 Å². The summed E-state index contributed by atoms with van der Waals surface area (Å²) >= 11 is 5.88. The van der Waals surface area contributed by atoms with Crippen molar-refractivity contribution in [3.8, 4) is 5.75 Å². The summed E-state index contributed by atoms with van der Waals surface area (Å²) in [6.45, 7) is 1.67. The van der Waals surface area contributed by atoms with Gasteiger partial charge in [-0.15, -0.1) is 0 Å². The van der Waals surface area contributed by atoms with Crippen molar-refractivity contribution in [2.45, 2.75) is 30.1 Å². The van der Waals surface area contributed by atoms with Crippen LogP contribution in [0.5, 0.6) is 5.75 Å². The van der Waals surface area contributed by atoms with Crippen LogP contribution in [0.2, 0.25) is 5.02 Å². The number of ether oxygens (including phenoxy) is 1. The number of aliphatic hydroxyl groups is 1. The van der Waals surface area contributed by atoms with E-state index in [1.54, 1.807) is 6.07 Å². The first-order chi connectivity index (χ1) is 14.6. The average molecular weight is 479 g/mol. The number of sulfonamides is 1. The molecule has 0 bridgehead atoms. The Bertz CT molecular complexity index is 1020. The molecule has 1 fully saturated rings. The number of alkyl halides is 3. The maximum absolute atomic E-state index is 13.0. The maximum atomic E-state index is 13.0. The van der Waals surface area contributed by atoms with Crippen molar-refractivity contribution in [1.29, 1.82) is 0 Å². The number of nitrogens with zero attached hydrogens (tertiary/aromatic N) is 1. The van der Waals surface area contributed by atoms with Crippen LogP contribution < -0.4 is 9.46 Å². The molecule has 2 aromatic carbocycles. The van der Waals surface area contributed by atoms with E-state index in [1.165, 1.54) is 0 Å². The monoisotopic (exact) mass is 478 g/mol. The minimum absolute atomic E-state index is 0.0892. The van der Waals surface area contributed by atoms with Gasteiger partial charge in [-0.2, -0.15) is 13.2 Å². The normalized spacial score (nSPS) is 17.8. The van der Waals surface area contributed by atoms with Gasteiger partial charge in [-0.05, 0) is 42.3 Å². The van der Waals surface area contributed by atoms with Gasteiger partial charge in [0.2, 0.25) is 10.0 Å². The van der Waals surface area contributed by atoms with Crippen LogP contribution in [0, 0.1) is 0 Å². The predicted molar refractivity (Wildman–Crippen MR) is 109 cm³/mol. The minimum atomic E-state index is -4.67. The van der Waals surface area contributed by atoms with Crippen LogP contribution in [0.4, 0.5) is 13.2 Å². The number of halogens is 4. The third-order valence-corrected chi connectivity index (χ3v) is 6.81. The van der Waals surface area contributed by atoms with Gasteiger partial charge in [0, 0.05) is 25.7 Å². The first kappa shape index (κ1) is 23.8. The van der Waals surface area contributed by atoms with E-state index in [0.717, 1.165) is 17.7 Å². The highest BCUT2D eigenvalue weighted by Crippen LogP contribution is 2.33. The standard InChI is InChI=1S/C20H22ClF3N2O4S/c21-18-5-4-15(20(22,23)24)11-19(18)31(28,29)25-16-6-7-26(13-16)12-14-2-1-3-17(10-14)30-9-8-27/h1-5,10-11,16,25,27H,6-9,12-13H2/t16-/m1/s1. The number of hydrogen-bond acceptors (Lipinski definition) is 5. The van der Waals surface area contributed by atoms with Crippen LogP contribution in [0.25, 0.3) is 0 Å². The maximum Gasteiger partial charge on any atom is 0.416 e. The molecule has 1 saturated heterocycles. The van der Waals surface area contributed by atoms with Gasteiger partial charge in [0.15, 0.2) is 0 Å². The average Bonchev–Trinajstić information content (AvgIpc) is 3.11. The molecule has 6 nitrogen and oxygen atoms in total. The van der Waals surface area contributed by atoms with E-state index in [1.807, 2.05) is 23.1 Å². The minimum Gasteiger partial charge on any atom is -0.491 e. The zero-order chi connectivity index (χ0) is 22.6. The molecular formula is C20H22ClF3N2O4S. The Morgan fingerprint density at radius 1 is 1.23 bits per heavy atom. The molecule has 2 aromatic rings. The van der Waals surface area contributed by atoms with Gasteiger partial charge in [-0.3, -0.25) is 4.90 Å². The van der Waals surface area contributed by atoms with Crippen LogP contribution in [-0.4, -0.2) is 50.8 Å². The summed E-state index contributed by atoms with van der Waals surface area (Å²) in [7, 11) is -4.22. The van der Waals surface area contributed by atoms with Gasteiger partial charge in [0.1, 0.15) is 17.3 Å². The fraction of sp³-hybridized carbons (Fsp3) is 0.400. The number of rotatable bonds is 8. The largest absolute Gasteiger partial charge is 0.491 e. The van der Waals surface area contributed by atoms with E-state index in [9.17, 15) is 21.6 Å². The van der Waals surface area contributed by atoms with Crippen molar-refractivity contribution < 1.29 is 31.4 Å². The Balaban J connectivity index is 1.65. The van der Waals surface area contributed by atoms with E-state index >= 15 is 0 Å². The lowest BCUT2D eigenvalue weighted by molar-refractivity contribution is -0.137. The van der Waals surface area contributed by atoms with Crippen molar-refractivity contribution in [2.75, 3.05) is 26.3 Å². The Morgan fingerprint density at radius 2 is 2.00 bits per heavy atom. The molecule has 0 aliphatic carbocycles. The van der Waals surface area contributed by atoms with Gasteiger partial charge in [0.25, 0.3) is 0 Å². The van der Waals surface area contributed by atoms with E-state index in [0.29, 0.717) is 37.9 Å². The quantitative estimate of drug-likeness (QED) is 0.609. The molecule has 11 heteroatoms. The molecule has 0 spiro atoms. The van der Waals surface area contributed by atoms with Crippen molar-refractivity contribution in [3.63, 3.8) is 0 Å². The van der Waals surface area contributed by atoms with Crippen molar-refractivity contribution >= 4 is 21.6 Å². The molecule has 1 aliphatic rings. The zero-order valence-corrected chi connectivity index (χ0v) is 18.0. The molecule has 1 atom stereocenters. The highest BCUT2D eigenvalue weighted by Gasteiger charge is 2.34. The summed E-state index contributed by atoms with van der Waals surface area (Å²) in [6.07, 6.45) is -4.16. The second-order valence-corrected chi connectivity index (χ2v) is 9.29. The van der Waals surface area contributed by atoms with Crippen LogP contribution in [0.1, 0.15) is 17.5 Å². The summed E-state index contributed by atoms with van der Waals surface area (Å²) in [5.74, 6) is 0.627. The Labute approximate surface area is 183 Å². The molecule has 31 heavy (non-hydrogen) atoms. The molecule has 0 unspecified atom stereocenters. The molecular weight excluding hydrogens is 457 g/mol. The zero-order valence-electron chi connectivity index (χ0n) is 16.4. The summed E-state index contributed by atoms with van der Waals surface area (Å²) in [4.78, 5) is 1.45. The van der Waals surface area contributed by atoms with Crippen LogP contribution in [-0.2, 0) is 22.7 Å². The SMILES string of the molecule is O=S(=O)(N[C@@H]1CCN(Cc2cccc(OCCO)c2)C1)c1cc(C(F)(F)F)ccc1Cl. The third kappa shape index (κ3) is 6.33. The molecule has 0 aromatic heterocycles. The third-order valence-electron chi connectivity index (χ3n) is 4.81. The first-order valence-corrected chi connectivity index (χ1v) is 11.4. The Morgan fingerprint density at radius 3 is 2.71 bits per heavy atom. The predicted octanol–water partition coefficient (Wildman–Crippen LogP) is 3.28. The Kier molecular flexibility index (Phi) is 7.48. The summed E-state index contributed by atoms with van der Waals surface area (Å²) in [6, 6.07) is 9.14. The molecule has 0 saturated carbocycles. The second kappa shape index (κ2) is 9.74. The lowest BCUT2D eigenvalue weighted by atomic mass is 10.2.